The fourth-order valence-corrected chi connectivity index (χ4v) is 6.33. The summed E-state index contributed by atoms with van der Waals surface area (Å²) < 4.78 is 6.81. The van der Waals surface area contributed by atoms with Gasteiger partial charge in [0.2, 0.25) is 0 Å². The van der Waals surface area contributed by atoms with Crippen molar-refractivity contribution in [2.45, 2.75) is 0 Å². The van der Waals surface area contributed by atoms with Crippen molar-refractivity contribution >= 4 is 70.9 Å². The van der Waals surface area contributed by atoms with Crippen molar-refractivity contribution in [2.75, 3.05) is 7.11 Å². The van der Waals surface area contributed by atoms with E-state index in [4.69, 9.17) is 27.9 Å². The third-order valence-corrected chi connectivity index (χ3v) is 8.17. The monoisotopic (exact) mass is 439 g/mol. The SMILES string of the molecule is COc1ncccc1/C=C1\SC([As]c2c(Cl)cccc2Cl)=NC1=O. The third kappa shape index (κ3) is 3.86. The summed E-state index contributed by atoms with van der Waals surface area (Å²) in [5.41, 5.74) is 0.735. The Labute approximate surface area is 160 Å². The van der Waals surface area contributed by atoms with Gasteiger partial charge in [-0.15, -0.1) is 0 Å². The van der Waals surface area contributed by atoms with E-state index in [1.54, 1.807) is 43.6 Å². The van der Waals surface area contributed by atoms with E-state index in [2.05, 4.69) is 9.98 Å². The maximum absolute atomic E-state index is 12.2. The van der Waals surface area contributed by atoms with E-state index in [0.717, 1.165) is 13.7 Å². The van der Waals surface area contributed by atoms with Gasteiger partial charge >= 0.3 is 160 Å². The summed E-state index contributed by atoms with van der Waals surface area (Å²) in [6, 6.07) is 9.00. The quantitative estimate of drug-likeness (QED) is 0.541. The first-order valence-electron chi connectivity index (χ1n) is 6.76. The van der Waals surface area contributed by atoms with Gasteiger partial charge in [0.25, 0.3) is 0 Å². The average Bonchev–Trinajstić information content (AvgIpc) is 2.91. The number of amides is 1. The molecule has 0 saturated carbocycles. The predicted octanol–water partition coefficient (Wildman–Crippen LogP) is 3.40. The summed E-state index contributed by atoms with van der Waals surface area (Å²) >= 11 is 13.2. The van der Waals surface area contributed by atoms with Crippen LogP contribution in [0, 0.1) is 0 Å². The number of thioether (sulfide) groups is 1. The molecule has 0 spiro atoms. The molecule has 0 aliphatic carbocycles. The Balaban J connectivity index is 1.83. The molecule has 8 heteroatoms. The molecule has 1 radical (unpaired) electrons. The van der Waals surface area contributed by atoms with Crippen molar-refractivity contribution in [3.8, 4) is 5.88 Å². The number of ether oxygens (including phenoxy) is 1. The number of benzene rings is 1. The molecule has 0 saturated heterocycles. The molecule has 0 unspecified atom stereocenters. The van der Waals surface area contributed by atoms with Crippen LogP contribution in [0.5, 0.6) is 5.88 Å². The first-order chi connectivity index (χ1) is 11.6. The molecule has 1 aliphatic rings. The summed E-state index contributed by atoms with van der Waals surface area (Å²) in [7, 11) is 1.54. The number of pyridine rings is 1. The molecule has 2 heterocycles. The van der Waals surface area contributed by atoms with E-state index in [1.807, 2.05) is 6.07 Å². The van der Waals surface area contributed by atoms with Gasteiger partial charge in [-0.1, -0.05) is 0 Å². The van der Waals surface area contributed by atoms with Gasteiger partial charge < -0.3 is 0 Å². The van der Waals surface area contributed by atoms with Gasteiger partial charge in [-0.05, 0) is 0 Å². The van der Waals surface area contributed by atoms with Crippen LogP contribution in [0.3, 0.4) is 0 Å². The van der Waals surface area contributed by atoms with Gasteiger partial charge in [-0.2, -0.15) is 0 Å². The molecule has 24 heavy (non-hydrogen) atoms. The summed E-state index contributed by atoms with van der Waals surface area (Å²) in [5, 5.41) is 1.20. The fourth-order valence-electron chi connectivity index (χ4n) is 1.96. The van der Waals surface area contributed by atoms with Crippen LogP contribution in [-0.4, -0.2) is 37.6 Å². The second kappa shape index (κ2) is 7.75. The van der Waals surface area contributed by atoms with E-state index in [0.29, 0.717) is 20.8 Å². The minimum atomic E-state index is -0.554. The average molecular weight is 440 g/mol. The Morgan fingerprint density at radius 2 is 1.96 bits per heavy atom. The van der Waals surface area contributed by atoms with Crippen LogP contribution in [0.15, 0.2) is 46.4 Å². The van der Waals surface area contributed by atoms with E-state index < -0.39 is 15.8 Å². The van der Waals surface area contributed by atoms with Crippen LogP contribution in [0.2, 0.25) is 10.0 Å². The van der Waals surface area contributed by atoms with E-state index in [1.165, 1.54) is 11.8 Å². The summed E-state index contributed by atoms with van der Waals surface area (Å²) in [6.45, 7) is 0. The third-order valence-electron chi connectivity index (χ3n) is 3.03. The van der Waals surface area contributed by atoms with Crippen molar-refractivity contribution < 1.29 is 9.53 Å². The number of aromatic nitrogens is 1. The zero-order chi connectivity index (χ0) is 17.1. The molecule has 1 aromatic carbocycles. The Morgan fingerprint density at radius 1 is 1.21 bits per heavy atom. The number of carbonyl (C=O) groups excluding carboxylic acids is 1. The zero-order valence-corrected chi connectivity index (χ0v) is 16.6. The molecule has 2 aromatic rings. The van der Waals surface area contributed by atoms with E-state index in [-0.39, 0.29) is 5.91 Å². The maximum atomic E-state index is 12.2. The standard InChI is InChI=1S/C16H10AsCl2N2O2S/c1-23-15-9(4-3-7-20-15)8-12-14(22)21-16(24-12)17-13-10(18)5-2-6-11(13)19/h2-8H,1H3/b12-8-. The molecule has 0 atom stereocenters. The molecule has 0 N–H and O–H groups in total. The molecular formula is C16H10AsCl2N2O2S. The van der Waals surface area contributed by atoms with Gasteiger partial charge in [0, 0.05) is 0 Å². The minimum absolute atomic E-state index is 0.264. The number of nitrogens with zero attached hydrogens (tertiary/aromatic N) is 2. The normalized spacial score (nSPS) is 16.2. The number of rotatable bonds is 4. The van der Waals surface area contributed by atoms with Gasteiger partial charge in [-0.25, -0.2) is 0 Å². The number of aliphatic imine (C=N–C) groups is 1. The Bertz CT molecular complexity index is 851. The zero-order valence-electron chi connectivity index (χ0n) is 12.4. The van der Waals surface area contributed by atoms with Crippen molar-refractivity contribution in [3.63, 3.8) is 0 Å². The topological polar surface area (TPSA) is 51.6 Å². The molecule has 121 valence electrons. The number of hydrogen-bond donors (Lipinski definition) is 0. The molecule has 1 amide bonds. The van der Waals surface area contributed by atoms with E-state index >= 15 is 0 Å². The van der Waals surface area contributed by atoms with Crippen molar-refractivity contribution in [2.24, 2.45) is 4.99 Å². The van der Waals surface area contributed by atoms with Gasteiger partial charge in [0.1, 0.15) is 0 Å². The van der Waals surface area contributed by atoms with E-state index in [9.17, 15) is 4.79 Å². The number of carbonyl (C=O) groups is 1. The second-order valence-corrected chi connectivity index (χ2v) is 9.39. The second-order valence-electron chi connectivity index (χ2n) is 4.59. The molecule has 0 bridgehead atoms. The summed E-state index contributed by atoms with van der Waals surface area (Å²) in [6.07, 6.45) is 3.38. The Morgan fingerprint density at radius 3 is 2.67 bits per heavy atom. The van der Waals surface area contributed by atoms with Gasteiger partial charge in [-0.3, -0.25) is 0 Å². The molecule has 1 aromatic heterocycles. The first-order valence-corrected chi connectivity index (χ1v) is 10.2. The van der Waals surface area contributed by atoms with Gasteiger partial charge in [0.05, 0.1) is 0 Å². The predicted molar refractivity (Wildman–Crippen MR) is 101 cm³/mol. The van der Waals surface area contributed by atoms with Crippen molar-refractivity contribution in [3.05, 3.63) is 57.0 Å². The Kier molecular flexibility index (Phi) is 5.67. The summed E-state index contributed by atoms with van der Waals surface area (Å²) in [5.74, 6) is 0.202. The number of halogens is 2. The molecule has 1 aliphatic heterocycles. The Hall–Kier alpha value is -1.26. The molecule has 4 nitrogen and oxygen atoms in total. The first kappa shape index (κ1) is 17.6. The number of hydrogen-bond acceptors (Lipinski definition) is 4. The van der Waals surface area contributed by atoms with Crippen molar-refractivity contribution in [1.82, 2.24) is 4.98 Å². The number of methoxy groups -OCH3 is 1. The van der Waals surface area contributed by atoms with Crippen LogP contribution in [0.25, 0.3) is 6.08 Å². The molecular weight excluding hydrogens is 430 g/mol. The summed E-state index contributed by atoms with van der Waals surface area (Å²) in [4.78, 5) is 21.0. The van der Waals surface area contributed by atoms with Gasteiger partial charge in [0.15, 0.2) is 0 Å². The van der Waals surface area contributed by atoms with Crippen molar-refractivity contribution in [1.29, 1.82) is 0 Å². The fraction of sp³-hybridized carbons (Fsp3) is 0.0625. The van der Waals surface area contributed by atoms with Crippen LogP contribution < -0.4 is 9.09 Å². The van der Waals surface area contributed by atoms with Crippen LogP contribution >= 0.6 is 35.0 Å². The van der Waals surface area contributed by atoms with Crippen LogP contribution in [-0.2, 0) is 4.79 Å². The van der Waals surface area contributed by atoms with Crippen LogP contribution in [0.4, 0.5) is 0 Å². The molecule has 0 fully saturated rings. The van der Waals surface area contributed by atoms with Crippen LogP contribution in [0.1, 0.15) is 5.56 Å². The molecule has 3 rings (SSSR count).